The summed E-state index contributed by atoms with van der Waals surface area (Å²) >= 11 is 1.12. The molecule has 0 N–H and O–H groups in total. The highest BCUT2D eigenvalue weighted by Crippen LogP contribution is 2.16. The van der Waals surface area contributed by atoms with Gasteiger partial charge in [0.2, 0.25) is 5.78 Å². The zero-order valence-corrected chi connectivity index (χ0v) is 8.22. The number of nitrogens with zero attached hydrogens (tertiary/aromatic N) is 1. The topological polar surface area (TPSA) is 30.0 Å². The number of hydrogen-bond donors (Lipinski definition) is 0. The maximum Gasteiger partial charge on any atom is 0.224 e. The molecule has 0 spiro atoms. The van der Waals surface area contributed by atoms with Gasteiger partial charge in [-0.1, -0.05) is 0 Å². The highest BCUT2D eigenvalue weighted by Gasteiger charge is 2.16. The van der Waals surface area contributed by atoms with Crippen LogP contribution >= 0.6 is 11.3 Å². The lowest BCUT2D eigenvalue weighted by molar-refractivity contribution is 0.103. The van der Waals surface area contributed by atoms with Crippen LogP contribution in [0.5, 0.6) is 0 Å². The Hall–Kier alpha value is -1.62. The van der Waals surface area contributed by atoms with Crippen LogP contribution in [-0.4, -0.2) is 10.8 Å². The number of thiazole rings is 1. The fourth-order valence-electron chi connectivity index (χ4n) is 1.12. The average Bonchev–Trinajstić information content (AvgIpc) is 2.69. The van der Waals surface area contributed by atoms with Gasteiger partial charge in [-0.05, 0) is 12.1 Å². The number of aromatic nitrogens is 1. The SMILES string of the molecule is O=C(c1nccs1)c1ccc(F)cc1F. The number of carbonyl (C=O) groups is 1. The second-order valence-corrected chi connectivity index (χ2v) is 3.69. The first kappa shape index (κ1) is 9.92. The molecule has 0 fully saturated rings. The van der Waals surface area contributed by atoms with E-state index in [9.17, 15) is 13.6 Å². The molecule has 0 radical (unpaired) electrons. The molecule has 0 aliphatic carbocycles. The minimum atomic E-state index is -0.866. The lowest BCUT2D eigenvalue weighted by Gasteiger charge is -1.99. The van der Waals surface area contributed by atoms with Crippen molar-refractivity contribution in [2.24, 2.45) is 0 Å². The fraction of sp³-hybridized carbons (Fsp3) is 0. The van der Waals surface area contributed by atoms with Gasteiger partial charge in [-0.25, -0.2) is 13.8 Å². The molecule has 0 saturated carbocycles. The normalized spacial score (nSPS) is 10.3. The summed E-state index contributed by atoms with van der Waals surface area (Å²) in [6, 6.07) is 2.85. The van der Waals surface area contributed by atoms with Crippen molar-refractivity contribution in [1.29, 1.82) is 0 Å². The minimum Gasteiger partial charge on any atom is -0.286 e. The molecule has 0 aliphatic rings. The quantitative estimate of drug-likeness (QED) is 0.735. The zero-order valence-electron chi connectivity index (χ0n) is 7.41. The third kappa shape index (κ3) is 1.92. The monoisotopic (exact) mass is 225 g/mol. The van der Waals surface area contributed by atoms with Crippen molar-refractivity contribution < 1.29 is 13.6 Å². The molecule has 0 bridgehead atoms. The van der Waals surface area contributed by atoms with Gasteiger partial charge in [0, 0.05) is 17.6 Å². The lowest BCUT2D eigenvalue weighted by Crippen LogP contribution is -2.03. The van der Waals surface area contributed by atoms with Crippen LogP contribution in [0.4, 0.5) is 8.78 Å². The number of rotatable bonds is 2. The van der Waals surface area contributed by atoms with E-state index in [1.54, 1.807) is 5.38 Å². The molecule has 2 aromatic rings. The number of benzene rings is 1. The van der Waals surface area contributed by atoms with Crippen LogP contribution in [0.2, 0.25) is 0 Å². The molecule has 2 rings (SSSR count). The standard InChI is InChI=1S/C10H5F2NOS/c11-6-1-2-7(8(12)5-6)9(14)10-13-3-4-15-10/h1-5H. The first-order valence-corrected chi connectivity index (χ1v) is 4.95. The summed E-state index contributed by atoms with van der Waals surface area (Å²) in [7, 11) is 0. The minimum absolute atomic E-state index is 0.161. The predicted octanol–water partition coefficient (Wildman–Crippen LogP) is 2.65. The van der Waals surface area contributed by atoms with Crippen LogP contribution in [0.25, 0.3) is 0 Å². The van der Waals surface area contributed by atoms with Gasteiger partial charge in [0.15, 0.2) is 5.01 Å². The highest BCUT2D eigenvalue weighted by atomic mass is 32.1. The Balaban J connectivity index is 2.42. The maximum atomic E-state index is 13.2. The Morgan fingerprint density at radius 1 is 1.33 bits per heavy atom. The van der Waals surface area contributed by atoms with E-state index in [1.807, 2.05) is 0 Å². The number of halogens is 2. The number of carbonyl (C=O) groups excluding carboxylic acids is 1. The Bertz CT molecular complexity index is 496. The summed E-state index contributed by atoms with van der Waals surface area (Å²) in [6.07, 6.45) is 1.46. The Kier molecular flexibility index (Phi) is 2.55. The third-order valence-corrected chi connectivity index (χ3v) is 2.57. The van der Waals surface area contributed by atoms with Crippen molar-refractivity contribution in [1.82, 2.24) is 4.98 Å². The van der Waals surface area contributed by atoms with E-state index in [-0.39, 0.29) is 10.6 Å². The summed E-state index contributed by atoms with van der Waals surface area (Å²) in [4.78, 5) is 15.4. The molecular weight excluding hydrogens is 220 g/mol. The molecule has 0 saturated heterocycles. The largest absolute Gasteiger partial charge is 0.286 e. The summed E-state index contributed by atoms with van der Waals surface area (Å²) in [5.74, 6) is -2.10. The Morgan fingerprint density at radius 2 is 2.13 bits per heavy atom. The van der Waals surface area contributed by atoms with Crippen LogP contribution in [-0.2, 0) is 0 Å². The first-order valence-electron chi connectivity index (χ1n) is 4.08. The van der Waals surface area contributed by atoms with E-state index >= 15 is 0 Å². The summed E-state index contributed by atoms with van der Waals surface area (Å²) in [6.45, 7) is 0. The van der Waals surface area contributed by atoms with Gasteiger partial charge in [0.25, 0.3) is 0 Å². The van der Waals surface area contributed by atoms with E-state index in [0.717, 1.165) is 23.5 Å². The molecule has 1 aromatic heterocycles. The van der Waals surface area contributed by atoms with Crippen molar-refractivity contribution in [3.05, 3.63) is 52.0 Å². The van der Waals surface area contributed by atoms with Gasteiger partial charge in [-0.15, -0.1) is 11.3 Å². The van der Waals surface area contributed by atoms with Gasteiger partial charge in [-0.2, -0.15) is 0 Å². The average molecular weight is 225 g/mol. The Morgan fingerprint density at radius 3 is 2.73 bits per heavy atom. The van der Waals surface area contributed by atoms with Crippen molar-refractivity contribution in [3.8, 4) is 0 Å². The molecule has 0 unspecified atom stereocenters. The predicted molar refractivity (Wildman–Crippen MR) is 51.9 cm³/mol. The van der Waals surface area contributed by atoms with Gasteiger partial charge in [0.1, 0.15) is 11.6 Å². The molecule has 15 heavy (non-hydrogen) atoms. The zero-order chi connectivity index (χ0) is 10.8. The number of ketones is 1. The molecule has 5 heteroatoms. The van der Waals surface area contributed by atoms with Crippen molar-refractivity contribution in [2.75, 3.05) is 0 Å². The van der Waals surface area contributed by atoms with Gasteiger partial charge in [0.05, 0.1) is 5.56 Å². The summed E-state index contributed by atoms with van der Waals surface area (Å²) in [5, 5.41) is 1.81. The van der Waals surface area contributed by atoms with Gasteiger partial charge >= 0.3 is 0 Å². The molecule has 2 nitrogen and oxygen atoms in total. The van der Waals surface area contributed by atoms with E-state index in [0.29, 0.717) is 6.07 Å². The van der Waals surface area contributed by atoms with Crippen LogP contribution in [0.15, 0.2) is 29.8 Å². The molecule has 0 amide bonds. The molecule has 0 atom stereocenters. The van der Waals surface area contributed by atoms with Crippen molar-refractivity contribution in [2.45, 2.75) is 0 Å². The fourth-order valence-corrected chi connectivity index (χ4v) is 1.71. The molecule has 1 heterocycles. The molecule has 1 aromatic carbocycles. The molecule has 0 aliphatic heterocycles. The van der Waals surface area contributed by atoms with E-state index in [4.69, 9.17) is 0 Å². The maximum absolute atomic E-state index is 13.2. The van der Waals surface area contributed by atoms with Crippen molar-refractivity contribution in [3.63, 3.8) is 0 Å². The number of hydrogen-bond acceptors (Lipinski definition) is 3. The third-order valence-electron chi connectivity index (χ3n) is 1.80. The van der Waals surface area contributed by atoms with Gasteiger partial charge in [-0.3, -0.25) is 4.79 Å². The summed E-state index contributed by atoms with van der Waals surface area (Å²) in [5.41, 5.74) is -0.161. The smallest absolute Gasteiger partial charge is 0.224 e. The second-order valence-electron chi connectivity index (χ2n) is 2.79. The second kappa shape index (κ2) is 3.86. The Labute approximate surface area is 88.2 Å². The molecular formula is C10H5F2NOS. The summed E-state index contributed by atoms with van der Waals surface area (Å²) < 4.78 is 25.8. The van der Waals surface area contributed by atoms with Crippen LogP contribution in [0, 0.1) is 11.6 Å². The first-order chi connectivity index (χ1) is 7.18. The van der Waals surface area contributed by atoms with E-state index in [2.05, 4.69) is 4.98 Å². The molecule has 76 valence electrons. The highest BCUT2D eigenvalue weighted by molar-refractivity contribution is 7.11. The van der Waals surface area contributed by atoms with E-state index < -0.39 is 17.4 Å². The van der Waals surface area contributed by atoms with Crippen LogP contribution in [0.1, 0.15) is 15.4 Å². The van der Waals surface area contributed by atoms with E-state index in [1.165, 1.54) is 6.20 Å². The van der Waals surface area contributed by atoms with Gasteiger partial charge < -0.3 is 0 Å². The van der Waals surface area contributed by atoms with Crippen molar-refractivity contribution >= 4 is 17.1 Å². The van der Waals surface area contributed by atoms with Crippen LogP contribution in [0.3, 0.4) is 0 Å². The van der Waals surface area contributed by atoms with Crippen LogP contribution < -0.4 is 0 Å². The lowest BCUT2D eigenvalue weighted by atomic mass is 10.1.